The minimum absolute atomic E-state index is 0.201. The van der Waals surface area contributed by atoms with Crippen LogP contribution in [0.1, 0.15) is 17.5 Å². The van der Waals surface area contributed by atoms with E-state index in [0.29, 0.717) is 18.0 Å². The maximum Gasteiger partial charge on any atom is 0.182 e. The van der Waals surface area contributed by atoms with Gasteiger partial charge in [0.2, 0.25) is 0 Å². The average Bonchev–Trinajstić information content (AvgIpc) is 2.32. The lowest BCUT2D eigenvalue weighted by molar-refractivity contribution is 0.588. The van der Waals surface area contributed by atoms with Crippen molar-refractivity contribution < 1.29 is 8.42 Å². The van der Waals surface area contributed by atoms with Crippen molar-refractivity contribution in [3.63, 3.8) is 0 Å². The van der Waals surface area contributed by atoms with Gasteiger partial charge in [-0.05, 0) is 44.0 Å². The summed E-state index contributed by atoms with van der Waals surface area (Å²) in [6, 6.07) is 3.62. The molecule has 0 amide bonds. The zero-order valence-electron chi connectivity index (χ0n) is 10.9. The molecule has 0 aromatic heterocycles. The Labute approximate surface area is 109 Å². The van der Waals surface area contributed by atoms with Gasteiger partial charge in [-0.3, -0.25) is 0 Å². The zero-order valence-corrected chi connectivity index (χ0v) is 11.8. The molecule has 0 unspecified atom stereocenters. The van der Waals surface area contributed by atoms with E-state index in [9.17, 15) is 8.42 Å². The number of benzene rings is 1. The first kappa shape index (κ1) is 13.4. The second-order valence-corrected chi connectivity index (χ2v) is 6.88. The molecule has 2 N–H and O–H groups in total. The van der Waals surface area contributed by atoms with Gasteiger partial charge in [0, 0.05) is 13.1 Å². The standard InChI is InChI=1S/C13H20N2O2S/c1-10-4-5-12-13(11(10)2)15(7-3-6-14)8-9-18(12,16)17/h4-5H,3,6-9,14H2,1-2H3. The first-order valence-electron chi connectivity index (χ1n) is 6.25. The van der Waals surface area contributed by atoms with Gasteiger partial charge in [0.1, 0.15) is 0 Å². The van der Waals surface area contributed by atoms with E-state index in [1.807, 2.05) is 19.9 Å². The number of nitrogens with zero attached hydrogens (tertiary/aromatic N) is 1. The van der Waals surface area contributed by atoms with Gasteiger partial charge in [-0.15, -0.1) is 0 Å². The Morgan fingerprint density at radius 2 is 2.06 bits per heavy atom. The third-order valence-corrected chi connectivity index (χ3v) is 5.30. The van der Waals surface area contributed by atoms with Crippen LogP contribution in [0.3, 0.4) is 0 Å². The Balaban J connectivity index is 2.53. The molecule has 1 aliphatic rings. The Hall–Kier alpha value is -1.07. The van der Waals surface area contributed by atoms with Gasteiger partial charge in [-0.2, -0.15) is 0 Å². The van der Waals surface area contributed by atoms with Crippen LogP contribution >= 0.6 is 0 Å². The lowest BCUT2D eigenvalue weighted by Crippen LogP contribution is -2.37. The molecule has 4 nitrogen and oxygen atoms in total. The van der Waals surface area contributed by atoms with E-state index in [1.165, 1.54) is 0 Å². The molecule has 1 aromatic rings. The molecule has 0 aliphatic carbocycles. The van der Waals surface area contributed by atoms with E-state index >= 15 is 0 Å². The number of hydrogen-bond donors (Lipinski definition) is 1. The van der Waals surface area contributed by atoms with Crippen molar-refractivity contribution in [1.29, 1.82) is 0 Å². The Morgan fingerprint density at radius 3 is 2.72 bits per heavy atom. The first-order chi connectivity index (χ1) is 8.47. The summed E-state index contributed by atoms with van der Waals surface area (Å²) < 4.78 is 24.2. The van der Waals surface area contributed by atoms with E-state index in [0.717, 1.165) is 29.8 Å². The van der Waals surface area contributed by atoms with Crippen LogP contribution in [0.5, 0.6) is 0 Å². The quantitative estimate of drug-likeness (QED) is 0.896. The molecule has 5 heteroatoms. The molecule has 0 saturated carbocycles. The molecule has 0 spiro atoms. The lowest BCUT2D eigenvalue weighted by atomic mass is 10.1. The first-order valence-corrected chi connectivity index (χ1v) is 7.90. The summed E-state index contributed by atoms with van der Waals surface area (Å²) in [4.78, 5) is 2.64. The predicted octanol–water partition coefficient (Wildman–Crippen LogP) is 1.25. The fraction of sp³-hybridized carbons (Fsp3) is 0.538. The molecule has 2 rings (SSSR count). The lowest BCUT2D eigenvalue weighted by Gasteiger charge is -2.33. The minimum Gasteiger partial charge on any atom is -0.369 e. The number of anilines is 1. The summed E-state index contributed by atoms with van der Waals surface area (Å²) in [6.07, 6.45) is 0.882. The van der Waals surface area contributed by atoms with Crippen molar-refractivity contribution in [3.8, 4) is 0 Å². The second kappa shape index (κ2) is 4.90. The summed E-state index contributed by atoms with van der Waals surface area (Å²) >= 11 is 0. The van der Waals surface area contributed by atoms with Crippen LogP contribution in [0.4, 0.5) is 5.69 Å². The summed E-state index contributed by atoms with van der Waals surface area (Å²) in [5, 5.41) is 0. The number of fused-ring (bicyclic) bond motifs is 1. The van der Waals surface area contributed by atoms with Gasteiger partial charge in [0.05, 0.1) is 16.3 Å². The molecule has 0 radical (unpaired) electrons. The molecular weight excluding hydrogens is 248 g/mol. The SMILES string of the molecule is Cc1ccc2c(c1C)N(CCCN)CCS2(=O)=O. The minimum atomic E-state index is -3.11. The predicted molar refractivity (Wildman–Crippen MR) is 73.9 cm³/mol. The number of rotatable bonds is 3. The fourth-order valence-electron chi connectivity index (χ4n) is 2.38. The smallest absolute Gasteiger partial charge is 0.182 e. The Morgan fingerprint density at radius 1 is 1.33 bits per heavy atom. The monoisotopic (exact) mass is 268 g/mol. The van der Waals surface area contributed by atoms with Crippen LogP contribution in [0.2, 0.25) is 0 Å². The van der Waals surface area contributed by atoms with Crippen molar-refractivity contribution in [1.82, 2.24) is 0 Å². The Kier molecular flexibility index (Phi) is 3.64. The van der Waals surface area contributed by atoms with E-state index < -0.39 is 9.84 Å². The van der Waals surface area contributed by atoms with Crippen molar-refractivity contribution in [2.75, 3.05) is 30.3 Å². The van der Waals surface area contributed by atoms with Crippen molar-refractivity contribution in [3.05, 3.63) is 23.3 Å². The summed E-state index contributed by atoms with van der Waals surface area (Å²) in [7, 11) is -3.11. The van der Waals surface area contributed by atoms with Crippen molar-refractivity contribution >= 4 is 15.5 Å². The summed E-state index contributed by atoms with van der Waals surface area (Å²) in [5.74, 6) is 0.201. The molecule has 1 aromatic carbocycles. The highest BCUT2D eigenvalue weighted by molar-refractivity contribution is 7.91. The van der Waals surface area contributed by atoms with Crippen LogP contribution in [0.25, 0.3) is 0 Å². The van der Waals surface area contributed by atoms with E-state index in [2.05, 4.69) is 4.90 Å². The second-order valence-electron chi connectivity index (χ2n) is 4.80. The molecule has 0 atom stereocenters. The zero-order chi connectivity index (χ0) is 13.3. The van der Waals surface area contributed by atoms with Crippen LogP contribution in [0.15, 0.2) is 17.0 Å². The number of sulfone groups is 1. The van der Waals surface area contributed by atoms with Crippen LogP contribution in [0, 0.1) is 13.8 Å². The molecular formula is C13H20N2O2S. The van der Waals surface area contributed by atoms with E-state index in [-0.39, 0.29) is 5.75 Å². The van der Waals surface area contributed by atoms with Crippen LogP contribution in [-0.4, -0.2) is 33.8 Å². The normalized spacial score (nSPS) is 17.6. The molecule has 18 heavy (non-hydrogen) atoms. The highest BCUT2D eigenvalue weighted by Crippen LogP contribution is 2.35. The van der Waals surface area contributed by atoms with Gasteiger partial charge < -0.3 is 10.6 Å². The van der Waals surface area contributed by atoms with Crippen LogP contribution < -0.4 is 10.6 Å². The summed E-state index contributed by atoms with van der Waals surface area (Å²) in [5.41, 5.74) is 8.62. The maximum absolute atomic E-state index is 12.1. The van der Waals surface area contributed by atoms with Crippen LogP contribution in [-0.2, 0) is 9.84 Å². The van der Waals surface area contributed by atoms with E-state index in [4.69, 9.17) is 5.73 Å². The van der Waals surface area contributed by atoms with Gasteiger partial charge >= 0.3 is 0 Å². The van der Waals surface area contributed by atoms with Crippen molar-refractivity contribution in [2.24, 2.45) is 5.73 Å². The average molecular weight is 268 g/mol. The largest absolute Gasteiger partial charge is 0.369 e. The molecule has 1 heterocycles. The topological polar surface area (TPSA) is 63.4 Å². The fourth-order valence-corrected chi connectivity index (χ4v) is 3.91. The molecule has 0 fully saturated rings. The molecule has 1 aliphatic heterocycles. The number of nitrogens with two attached hydrogens (primary N) is 1. The molecule has 0 bridgehead atoms. The Bertz CT molecular complexity index is 552. The summed E-state index contributed by atoms with van der Waals surface area (Å²) in [6.45, 7) is 6.02. The van der Waals surface area contributed by atoms with Gasteiger partial charge in [0.15, 0.2) is 9.84 Å². The third-order valence-electron chi connectivity index (χ3n) is 3.58. The molecule has 0 saturated heterocycles. The van der Waals surface area contributed by atoms with Gasteiger partial charge in [-0.1, -0.05) is 6.07 Å². The van der Waals surface area contributed by atoms with Crippen molar-refractivity contribution in [2.45, 2.75) is 25.2 Å². The maximum atomic E-state index is 12.1. The number of aryl methyl sites for hydroxylation is 1. The van der Waals surface area contributed by atoms with Gasteiger partial charge in [0.25, 0.3) is 0 Å². The van der Waals surface area contributed by atoms with E-state index in [1.54, 1.807) is 6.07 Å². The van der Waals surface area contributed by atoms with Gasteiger partial charge in [-0.25, -0.2) is 8.42 Å². The molecule has 100 valence electrons. The highest BCUT2D eigenvalue weighted by atomic mass is 32.2. The number of hydrogen-bond acceptors (Lipinski definition) is 4. The highest BCUT2D eigenvalue weighted by Gasteiger charge is 2.29. The third kappa shape index (κ3) is 2.24.